The monoisotopic (exact) mass is 454 g/mol. The van der Waals surface area contributed by atoms with E-state index in [-0.39, 0.29) is 11.3 Å². The number of aryl methyl sites for hydroxylation is 2. The number of alkyl halides is 5. The Morgan fingerprint density at radius 2 is 1.84 bits per heavy atom. The topological polar surface area (TPSA) is 77.6 Å². The van der Waals surface area contributed by atoms with E-state index in [1.165, 1.54) is 17.8 Å². The van der Waals surface area contributed by atoms with E-state index in [0.717, 1.165) is 29.4 Å². The van der Waals surface area contributed by atoms with Crippen LogP contribution in [0.15, 0.2) is 30.5 Å². The van der Waals surface area contributed by atoms with Crippen molar-refractivity contribution in [1.29, 1.82) is 0 Å². The van der Waals surface area contributed by atoms with Gasteiger partial charge in [-0.3, -0.25) is 19.1 Å². The largest absolute Gasteiger partial charge is 0.433 e. The van der Waals surface area contributed by atoms with Gasteiger partial charge >= 0.3 is 6.18 Å². The molecule has 0 spiro atoms. The molecule has 4 rings (SSSR count). The molecule has 1 N–H and O–H groups in total. The number of halogens is 5. The molecule has 0 unspecified atom stereocenters. The summed E-state index contributed by atoms with van der Waals surface area (Å²) in [5, 5.41) is 10.9. The predicted molar refractivity (Wildman–Crippen MR) is 103 cm³/mol. The van der Waals surface area contributed by atoms with Gasteiger partial charge < -0.3 is 5.32 Å². The highest BCUT2D eigenvalue weighted by atomic mass is 19.4. The van der Waals surface area contributed by atoms with Crippen LogP contribution >= 0.6 is 0 Å². The Balaban J connectivity index is 1.64. The fourth-order valence-corrected chi connectivity index (χ4v) is 3.87. The van der Waals surface area contributed by atoms with Crippen molar-refractivity contribution in [2.45, 2.75) is 37.4 Å². The molecule has 3 aromatic heterocycles. The van der Waals surface area contributed by atoms with Crippen LogP contribution < -0.4 is 5.32 Å². The zero-order chi connectivity index (χ0) is 23.3. The smallest absolute Gasteiger partial charge is 0.340 e. The van der Waals surface area contributed by atoms with Crippen LogP contribution in [-0.4, -0.2) is 30.5 Å². The van der Waals surface area contributed by atoms with Gasteiger partial charge in [0.05, 0.1) is 16.9 Å². The molecule has 3 heterocycles. The Morgan fingerprint density at radius 1 is 1.12 bits per heavy atom. The maximum absolute atomic E-state index is 13.0. The van der Waals surface area contributed by atoms with Gasteiger partial charge in [0.25, 0.3) is 12.3 Å². The van der Waals surface area contributed by atoms with E-state index in [0.29, 0.717) is 24.2 Å². The summed E-state index contributed by atoms with van der Waals surface area (Å²) in [6.07, 6.45) is -4.37. The van der Waals surface area contributed by atoms with Crippen LogP contribution in [0.3, 0.4) is 0 Å². The van der Waals surface area contributed by atoms with E-state index in [4.69, 9.17) is 0 Å². The maximum Gasteiger partial charge on any atom is 0.433 e. The van der Waals surface area contributed by atoms with E-state index < -0.39 is 35.4 Å². The fourth-order valence-electron chi connectivity index (χ4n) is 3.87. The second-order valence-electron chi connectivity index (χ2n) is 7.73. The summed E-state index contributed by atoms with van der Waals surface area (Å²) in [4.78, 5) is 16.2. The van der Waals surface area contributed by atoms with Gasteiger partial charge in [-0.15, -0.1) is 0 Å². The zero-order valence-corrected chi connectivity index (χ0v) is 17.1. The third-order valence-corrected chi connectivity index (χ3v) is 5.63. The molecule has 1 aliphatic carbocycles. The molecule has 170 valence electrons. The minimum Gasteiger partial charge on any atom is -0.340 e. The van der Waals surface area contributed by atoms with Crippen molar-refractivity contribution in [3.8, 4) is 11.3 Å². The average Bonchev–Trinajstić information content (AvgIpc) is 3.27. The molecule has 0 radical (unpaired) electrons. The van der Waals surface area contributed by atoms with E-state index in [2.05, 4.69) is 20.5 Å². The first-order valence-electron chi connectivity index (χ1n) is 9.73. The Hall–Kier alpha value is -3.31. The highest BCUT2D eigenvalue weighted by Crippen LogP contribution is 2.42. The van der Waals surface area contributed by atoms with Crippen LogP contribution in [0.5, 0.6) is 0 Å². The van der Waals surface area contributed by atoms with Gasteiger partial charge in [0, 0.05) is 25.9 Å². The van der Waals surface area contributed by atoms with Crippen LogP contribution in [0.2, 0.25) is 0 Å². The summed E-state index contributed by atoms with van der Waals surface area (Å²) < 4.78 is 67.5. The Kier molecular flexibility index (Phi) is 5.25. The number of hydrogen-bond donors (Lipinski definition) is 1. The van der Waals surface area contributed by atoms with Gasteiger partial charge in [-0.1, -0.05) is 0 Å². The quantitative estimate of drug-likeness (QED) is 0.592. The van der Waals surface area contributed by atoms with E-state index in [1.54, 1.807) is 13.1 Å². The summed E-state index contributed by atoms with van der Waals surface area (Å²) in [5.74, 6) is -0.572. The Labute approximate surface area is 179 Å². The van der Waals surface area contributed by atoms with Gasteiger partial charge in [-0.2, -0.15) is 23.4 Å². The first-order valence-corrected chi connectivity index (χ1v) is 9.73. The molecule has 1 fully saturated rings. The first-order chi connectivity index (χ1) is 15.0. The summed E-state index contributed by atoms with van der Waals surface area (Å²) in [6, 6.07) is 5.01. The highest BCUT2D eigenvalue weighted by Gasteiger charge is 2.43. The number of aromatic nitrogens is 5. The summed E-state index contributed by atoms with van der Waals surface area (Å²) in [7, 11) is 3.04. The molecule has 1 aliphatic rings. The van der Waals surface area contributed by atoms with Crippen LogP contribution in [0.25, 0.3) is 11.3 Å². The molecule has 0 bridgehead atoms. The SMILES string of the molecule is Cn1nc(C(F)F)cc1C(=O)NC1(c2cc(-c3ccnc(C(F)(F)F)c3)nn2C)CCC1. The number of rotatable bonds is 5. The number of nitrogens with zero attached hydrogens (tertiary/aromatic N) is 5. The molecule has 7 nitrogen and oxygen atoms in total. The lowest BCUT2D eigenvalue weighted by molar-refractivity contribution is -0.141. The molecule has 3 aromatic rings. The van der Waals surface area contributed by atoms with Gasteiger partial charge in [-0.25, -0.2) is 8.78 Å². The summed E-state index contributed by atoms with van der Waals surface area (Å²) in [6.45, 7) is 0. The number of carbonyl (C=O) groups is 1. The molecule has 12 heteroatoms. The number of nitrogens with one attached hydrogen (secondary N) is 1. The van der Waals surface area contributed by atoms with Crippen molar-refractivity contribution in [2.24, 2.45) is 14.1 Å². The van der Waals surface area contributed by atoms with Crippen LogP contribution in [0.1, 0.15) is 53.3 Å². The normalized spacial score (nSPS) is 15.6. The molecule has 32 heavy (non-hydrogen) atoms. The third kappa shape index (κ3) is 3.84. The summed E-state index contributed by atoms with van der Waals surface area (Å²) in [5.41, 5.74) is -1.21. The lowest BCUT2D eigenvalue weighted by Crippen LogP contribution is -2.52. The zero-order valence-electron chi connectivity index (χ0n) is 17.1. The minimum absolute atomic E-state index is 0.0158. The van der Waals surface area contributed by atoms with Crippen molar-refractivity contribution in [1.82, 2.24) is 29.9 Å². The second-order valence-corrected chi connectivity index (χ2v) is 7.73. The first kappa shape index (κ1) is 21.9. The van der Waals surface area contributed by atoms with Crippen LogP contribution in [0, 0.1) is 0 Å². The van der Waals surface area contributed by atoms with Crippen LogP contribution in [-0.2, 0) is 25.8 Å². The van der Waals surface area contributed by atoms with Gasteiger partial charge in [0.2, 0.25) is 0 Å². The van der Waals surface area contributed by atoms with Gasteiger partial charge in [0.1, 0.15) is 17.1 Å². The average molecular weight is 454 g/mol. The van der Waals surface area contributed by atoms with E-state index >= 15 is 0 Å². The second kappa shape index (κ2) is 7.68. The molecule has 1 amide bonds. The van der Waals surface area contributed by atoms with Crippen molar-refractivity contribution in [2.75, 3.05) is 0 Å². The lowest BCUT2D eigenvalue weighted by Gasteiger charge is -2.42. The highest BCUT2D eigenvalue weighted by molar-refractivity contribution is 5.93. The standard InChI is InChI=1S/C20H19F5N6O/c1-30-14(9-13(29-30)17(21)22)18(32)27-19(5-3-6-19)16-10-12(28-31(16)2)11-4-7-26-15(8-11)20(23,24)25/h4,7-10,17H,3,5-6H2,1-2H3,(H,27,32). The Bertz CT molecular complexity index is 1160. The molecule has 0 atom stereocenters. The van der Waals surface area contributed by atoms with E-state index in [1.807, 2.05) is 0 Å². The van der Waals surface area contributed by atoms with Crippen LogP contribution in [0.4, 0.5) is 22.0 Å². The summed E-state index contributed by atoms with van der Waals surface area (Å²) >= 11 is 0. The minimum atomic E-state index is -4.59. The molecule has 0 aromatic carbocycles. The van der Waals surface area contributed by atoms with Crippen molar-refractivity contribution >= 4 is 5.91 Å². The molecule has 0 aliphatic heterocycles. The fraction of sp³-hybridized carbons (Fsp3) is 0.400. The maximum atomic E-state index is 13.0. The Morgan fingerprint density at radius 3 is 2.41 bits per heavy atom. The van der Waals surface area contributed by atoms with Gasteiger partial charge in [0.15, 0.2) is 0 Å². The predicted octanol–water partition coefficient (Wildman–Crippen LogP) is 3.98. The molecular formula is C20H19F5N6O. The van der Waals surface area contributed by atoms with Crippen molar-refractivity contribution in [3.05, 3.63) is 53.2 Å². The van der Waals surface area contributed by atoms with Crippen molar-refractivity contribution < 1.29 is 26.7 Å². The number of amides is 1. The number of pyridine rings is 1. The van der Waals surface area contributed by atoms with E-state index in [9.17, 15) is 26.7 Å². The lowest BCUT2D eigenvalue weighted by atomic mass is 9.74. The van der Waals surface area contributed by atoms with Gasteiger partial charge in [-0.05, 0) is 43.5 Å². The third-order valence-electron chi connectivity index (χ3n) is 5.63. The molecule has 0 saturated heterocycles. The molecular weight excluding hydrogens is 435 g/mol. The molecule has 1 saturated carbocycles. The number of carbonyl (C=O) groups excluding carboxylic acids is 1. The number of hydrogen-bond acceptors (Lipinski definition) is 4. The van der Waals surface area contributed by atoms with Crippen molar-refractivity contribution in [3.63, 3.8) is 0 Å².